The van der Waals surface area contributed by atoms with E-state index in [1.807, 2.05) is 0 Å². The standard InChI is InChI=1S/C15H13F2N5O/c16-14(17)12-13(22-5-4-19-8-11(22)21-12)15(23)20-10-3-1-2-9(6-10)7-18/h1-6,8,14H,7,18H2,(H,20,23). The van der Waals surface area contributed by atoms with Crippen LogP contribution in [-0.4, -0.2) is 20.3 Å². The van der Waals surface area contributed by atoms with E-state index >= 15 is 0 Å². The maximum absolute atomic E-state index is 13.2. The first-order valence-corrected chi connectivity index (χ1v) is 6.80. The van der Waals surface area contributed by atoms with E-state index in [0.29, 0.717) is 12.2 Å². The Hall–Kier alpha value is -2.87. The van der Waals surface area contributed by atoms with Crippen molar-refractivity contribution < 1.29 is 13.6 Å². The van der Waals surface area contributed by atoms with Crippen LogP contribution in [0, 0.1) is 0 Å². The lowest BCUT2D eigenvalue weighted by Gasteiger charge is -2.08. The van der Waals surface area contributed by atoms with Gasteiger partial charge in [-0.05, 0) is 17.7 Å². The van der Waals surface area contributed by atoms with E-state index in [1.54, 1.807) is 24.3 Å². The number of hydrogen-bond acceptors (Lipinski definition) is 4. The SMILES string of the molecule is NCc1cccc(NC(=O)c2c(C(F)F)nc3cnccn23)c1. The largest absolute Gasteiger partial charge is 0.326 e. The van der Waals surface area contributed by atoms with E-state index in [-0.39, 0.29) is 11.3 Å². The van der Waals surface area contributed by atoms with Crippen LogP contribution in [0.3, 0.4) is 0 Å². The van der Waals surface area contributed by atoms with E-state index in [9.17, 15) is 13.6 Å². The highest BCUT2D eigenvalue weighted by Gasteiger charge is 2.25. The highest BCUT2D eigenvalue weighted by Crippen LogP contribution is 2.24. The van der Waals surface area contributed by atoms with Crippen molar-refractivity contribution in [3.05, 3.63) is 59.8 Å². The second-order valence-corrected chi connectivity index (χ2v) is 4.81. The summed E-state index contributed by atoms with van der Waals surface area (Å²) < 4.78 is 27.7. The number of hydrogen-bond donors (Lipinski definition) is 2. The number of anilines is 1. The third-order valence-electron chi connectivity index (χ3n) is 3.30. The molecule has 3 N–H and O–H groups in total. The minimum Gasteiger partial charge on any atom is -0.326 e. The molecule has 3 rings (SSSR count). The summed E-state index contributed by atoms with van der Waals surface area (Å²) in [7, 11) is 0. The summed E-state index contributed by atoms with van der Waals surface area (Å²) in [5.74, 6) is -0.673. The number of amides is 1. The number of carbonyl (C=O) groups is 1. The molecule has 0 atom stereocenters. The molecule has 0 bridgehead atoms. The van der Waals surface area contributed by atoms with Gasteiger partial charge in [0.15, 0.2) is 5.65 Å². The van der Waals surface area contributed by atoms with E-state index < -0.39 is 18.0 Å². The van der Waals surface area contributed by atoms with Crippen molar-refractivity contribution >= 4 is 17.2 Å². The summed E-state index contributed by atoms with van der Waals surface area (Å²) in [6.45, 7) is 0.313. The molecule has 2 aromatic heterocycles. The Bertz CT molecular complexity index is 862. The van der Waals surface area contributed by atoms with Crippen molar-refractivity contribution in [2.24, 2.45) is 5.73 Å². The van der Waals surface area contributed by atoms with Crippen molar-refractivity contribution in [3.8, 4) is 0 Å². The Labute approximate surface area is 130 Å². The first kappa shape index (κ1) is 15.0. The van der Waals surface area contributed by atoms with Crippen LogP contribution in [0.1, 0.15) is 28.2 Å². The number of nitrogens with two attached hydrogens (primary N) is 1. The second kappa shape index (κ2) is 6.09. The predicted molar refractivity (Wildman–Crippen MR) is 80.2 cm³/mol. The van der Waals surface area contributed by atoms with Crippen molar-refractivity contribution in [1.29, 1.82) is 0 Å². The molecule has 3 aromatic rings. The third-order valence-corrected chi connectivity index (χ3v) is 3.30. The molecule has 0 aliphatic heterocycles. The highest BCUT2D eigenvalue weighted by molar-refractivity contribution is 6.04. The van der Waals surface area contributed by atoms with Crippen LogP contribution in [0.2, 0.25) is 0 Å². The van der Waals surface area contributed by atoms with Crippen LogP contribution in [0.4, 0.5) is 14.5 Å². The van der Waals surface area contributed by atoms with Crippen LogP contribution in [0.5, 0.6) is 0 Å². The number of nitrogens with zero attached hydrogens (tertiary/aromatic N) is 3. The summed E-state index contributed by atoms with van der Waals surface area (Å²) >= 11 is 0. The summed E-state index contributed by atoms with van der Waals surface area (Å²) in [4.78, 5) is 20.1. The number of halogens is 2. The van der Waals surface area contributed by atoms with Crippen LogP contribution >= 0.6 is 0 Å². The van der Waals surface area contributed by atoms with Gasteiger partial charge in [0, 0.05) is 24.6 Å². The van der Waals surface area contributed by atoms with Crippen LogP contribution < -0.4 is 11.1 Å². The molecule has 0 unspecified atom stereocenters. The number of benzene rings is 1. The quantitative estimate of drug-likeness (QED) is 0.773. The Morgan fingerprint density at radius 1 is 1.39 bits per heavy atom. The third kappa shape index (κ3) is 2.88. The van der Waals surface area contributed by atoms with Crippen molar-refractivity contribution in [2.45, 2.75) is 13.0 Å². The Kier molecular flexibility index (Phi) is 3.98. The number of aromatic nitrogens is 3. The van der Waals surface area contributed by atoms with E-state index in [0.717, 1.165) is 5.56 Å². The average molecular weight is 317 g/mol. The smallest absolute Gasteiger partial charge is 0.282 e. The Morgan fingerprint density at radius 2 is 2.22 bits per heavy atom. The van der Waals surface area contributed by atoms with E-state index in [1.165, 1.54) is 23.0 Å². The monoisotopic (exact) mass is 317 g/mol. The van der Waals surface area contributed by atoms with Crippen molar-refractivity contribution in [2.75, 3.05) is 5.32 Å². The van der Waals surface area contributed by atoms with Gasteiger partial charge in [-0.2, -0.15) is 0 Å². The minimum absolute atomic E-state index is 0.184. The maximum atomic E-state index is 13.2. The van der Waals surface area contributed by atoms with E-state index in [4.69, 9.17) is 5.73 Å². The van der Waals surface area contributed by atoms with Gasteiger partial charge in [-0.15, -0.1) is 0 Å². The molecule has 8 heteroatoms. The topological polar surface area (TPSA) is 85.3 Å². The minimum atomic E-state index is -2.87. The maximum Gasteiger partial charge on any atom is 0.282 e. The number of rotatable bonds is 4. The van der Waals surface area contributed by atoms with Gasteiger partial charge in [-0.25, -0.2) is 13.8 Å². The summed E-state index contributed by atoms with van der Waals surface area (Å²) in [5.41, 5.74) is 6.24. The molecule has 2 heterocycles. The molecule has 0 aliphatic carbocycles. The van der Waals surface area contributed by atoms with Gasteiger partial charge in [0.1, 0.15) is 11.4 Å². The number of carbonyl (C=O) groups excluding carboxylic acids is 1. The van der Waals surface area contributed by atoms with Gasteiger partial charge in [-0.3, -0.25) is 14.2 Å². The fraction of sp³-hybridized carbons (Fsp3) is 0.133. The van der Waals surface area contributed by atoms with Gasteiger partial charge < -0.3 is 11.1 Å². The fourth-order valence-corrected chi connectivity index (χ4v) is 2.27. The first-order chi connectivity index (χ1) is 11.1. The van der Waals surface area contributed by atoms with Crippen molar-refractivity contribution in [1.82, 2.24) is 14.4 Å². The predicted octanol–water partition coefficient (Wildman–Crippen LogP) is 2.38. The van der Waals surface area contributed by atoms with Crippen molar-refractivity contribution in [3.63, 3.8) is 0 Å². The molecule has 118 valence electrons. The zero-order valence-corrected chi connectivity index (χ0v) is 11.9. The summed E-state index contributed by atoms with van der Waals surface area (Å²) in [5, 5.41) is 2.60. The highest BCUT2D eigenvalue weighted by atomic mass is 19.3. The molecule has 0 spiro atoms. The zero-order chi connectivity index (χ0) is 16.4. The fourth-order valence-electron chi connectivity index (χ4n) is 2.27. The number of fused-ring (bicyclic) bond motifs is 1. The average Bonchev–Trinajstić information content (AvgIpc) is 2.95. The Balaban J connectivity index is 2.01. The van der Waals surface area contributed by atoms with Crippen LogP contribution in [0.25, 0.3) is 5.65 Å². The number of imidazole rings is 1. The molecule has 0 saturated heterocycles. The lowest BCUT2D eigenvalue weighted by atomic mass is 10.2. The van der Waals surface area contributed by atoms with Gasteiger partial charge >= 0.3 is 0 Å². The Morgan fingerprint density at radius 3 is 2.96 bits per heavy atom. The van der Waals surface area contributed by atoms with Gasteiger partial charge in [0.2, 0.25) is 0 Å². The summed E-state index contributed by atoms with van der Waals surface area (Å²) in [6.07, 6.45) is 1.26. The molecule has 1 aromatic carbocycles. The van der Waals surface area contributed by atoms with Crippen LogP contribution in [-0.2, 0) is 6.54 Å². The van der Waals surface area contributed by atoms with Gasteiger partial charge in [-0.1, -0.05) is 12.1 Å². The lowest BCUT2D eigenvalue weighted by Crippen LogP contribution is -2.17. The van der Waals surface area contributed by atoms with Crippen LogP contribution in [0.15, 0.2) is 42.9 Å². The zero-order valence-electron chi connectivity index (χ0n) is 11.9. The van der Waals surface area contributed by atoms with Gasteiger partial charge in [0.25, 0.3) is 12.3 Å². The number of alkyl halides is 2. The van der Waals surface area contributed by atoms with Gasteiger partial charge in [0.05, 0.1) is 6.20 Å². The molecular weight excluding hydrogens is 304 g/mol. The molecule has 0 radical (unpaired) electrons. The second-order valence-electron chi connectivity index (χ2n) is 4.81. The first-order valence-electron chi connectivity index (χ1n) is 6.80. The molecule has 1 amide bonds. The molecule has 0 saturated carbocycles. The lowest BCUT2D eigenvalue weighted by molar-refractivity contribution is 0.1000. The normalized spacial score (nSPS) is 11.1. The molecule has 0 aliphatic rings. The molecule has 0 fully saturated rings. The van der Waals surface area contributed by atoms with E-state index in [2.05, 4.69) is 15.3 Å². The molecular formula is C15H13F2N5O. The molecule has 23 heavy (non-hydrogen) atoms. The molecule has 6 nitrogen and oxygen atoms in total. The summed E-state index contributed by atoms with van der Waals surface area (Å²) in [6, 6.07) is 6.87. The number of nitrogens with one attached hydrogen (secondary N) is 1.